The molecule has 1 heterocycles. The summed E-state index contributed by atoms with van der Waals surface area (Å²) in [5, 5.41) is 18.0. The fraction of sp³-hybridized carbons (Fsp3) is 0.150. The third kappa shape index (κ3) is 3.82. The van der Waals surface area contributed by atoms with Gasteiger partial charge in [-0.1, -0.05) is 0 Å². The van der Waals surface area contributed by atoms with E-state index in [1.807, 2.05) is 30.1 Å². The molecule has 0 unspecified atom stereocenters. The number of anilines is 1. The second kappa shape index (κ2) is 8.41. The Bertz CT molecular complexity index is 1180. The molecule has 0 bridgehead atoms. The van der Waals surface area contributed by atoms with Crippen molar-refractivity contribution >= 4 is 77.5 Å². The number of hydrogen-bond acceptors (Lipinski definition) is 4. The second-order valence-corrected chi connectivity index (χ2v) is 10.9. The molecule has 2 aromatic carbocycles. The van der Waals surface area contributed by atoms with Crippen LogP contribution in [0.25, 0.3) is 21.8 Å². The van der Waals surface area contributed by atoms with Gasteiger partial charge < -0.3 is 0 Å². The first kappa shape index (κ1) is 20.5. The predicted molar refractivity (Wildman–Crippen MR) is 116 cm³/mol. The van der Waals surface area contributed by atoms with Gasteiger partial charge in [-0.15, -0.1) is 0 Å². The van der Waals surface area contributed by atoms with Gasteiger partial charge in [-0.2, -0.15) is 0 Å². The number of allylic oxidation sites excluding steroid dienone is 1. The summed E-state index contributed by atoms with van der Waals surface area (Å²) >= 11 is 5.12. The monoisotopic (exact) mass is 498 g/mol. The zero-order chi connectivity index (χ0) is 20.4. The topological polar surface area (TPSA) is 86.4 Å². The van der Waals surface area contributed by atoms with Crippen LogP contribution in [0, 0.1) is 5.41 Å². The van der Waals surface area contributed by atoms with E-state index in [0.717, 1.165) is 3.32 Å². The number of aromatic nitrogens is 1. The maximum absolute atomic E-state index is 13.1. The van der Waals surface area contributed by atoms with Gasteiger partial charge in [0.05, 0.1) is 0 Å². The average Bonchev–Trinajstić information content (AvgIpc) is 2.64. The molecule has 0 aliphatic carbocycles. The van der Waals surface area contributed by atoms with Crippen molar-refractivity contribution < 1.29 is 9.90 Å². The zero-order valence-corrected chi connectivity index (χ0v) is 19.5. The summed E-state index contributed by atoms with van der Waals surface area (Å²) in [5.74, 6) is -0.994. The van der Waals surface area contributed by atoms with Crippen LogP contribution in [0.15, 0.2) is 45.0 Å². The maximum atomic E-state index is 13.1. The summed E-state index contributed by atoms with van der Waals surface area (Å²) in [7, 11) is 3.63. The number of hydrogen-bond donors (Lipinski definition) is 2. The molecule has 0 saturated heterocycles. The molecular weight excluding hydrogens is 481 g/mol. The molecule has 0 fully saturated rings. The Kier molecular flexibility index (Phi) is 6.15. The Morgan fingerprint density at radius 2 is 2.00 bits per heavy atom. The summed E-state index contributed by atoms with van der Waals surface area (Å²) in [6.07, 6.45) is 2.95. The van der Waals surface area contributed by atoms with E-state index in [-0.39, 0.29) is 12.0 Å². The summed E-state index contributed by atoms with van der Waals surface area (Å²) < 4.78 is 4.79. The number of fused-ring (bicyclic) bond motifs is 2. The van der Waals surface area contributed by atoms with Crippen LogP contribution in [0.4, 0.5) is 5.69 Å². The number of rotatable bonds is 6. The number of carboxylic acid groups (broad SMARTS) is 1. The zero-order valence-electron chi connectivity index (χ0n) is 15.4. The van der Waals surface area contributed by atoms with Crippen LogP contribution in [0.2, 0.25) is 5.02 Å². The average molecular weight is 499 g/mol. The molecular formula is C20H18ClInN3O3. The van der Waals surface area contributed by atoms with Gasteiger partial charge in [0.1, 0.15) is 0 Å². The number of pyridine rings is 1. The van der Waals surface area contributed by atoms with E-state index >= 15 is 0 Å². The van der Waals surface area contributed by atoms with Crippen molar-refractivity contribution in [2.45, 2.75) is 6.54 Å². The number of aliphatic carboxylic acids is 1. The van der Waals surface area contributed by atoms with Crippen molar-refractivity contribution in [3.63, 3.8) is 0 Å². The minimum absolute atomic E-state index is 0.138. The molecule has 1 aromatic heterocycles. The molecule has 28 heavy (non-hydrogen) atoms. The van der Waals surface area contributed by atoms with Crippen molar-refractivity contribution in [1.82, 2.24) is 4.57 Å². The Labute approximate surface area is 177 Å². The standard InChI is InChI=1S/C17H14ClN2O3.C3H4N.In/c1-19(2)16-12(18)8-7-11-15(16)20(9-14(21)22)13-6-4-3-5-10(13)17(11)23;1-2-3-4;/h3,5-8H,9H2,1-2H3,(H,21,22);1-4H;. The SMILES string of the molecule is CN(C)c1c(Cl)ccc2c(=O)c3cc[c]([In]/[CH]=C\C=N)cc3n(CC(=O)O)c12. The van der Waals surface area contributed by atoms with Gasteiger partial charge in [-0.3, -0.25) is 0 Å². The van der Waals surface area contributed by atoms with Gasteiger partial charge in [0.2, 0.25) is 0 Å². The van der Waals surface area contributed by atoms with Crippen molar-refractivity contribution in [3.8, 4) is 0 Å². The van der Waals surface area contributed by atoms with Gasteiger partial charge in [-0.05, 0) is 0 Å². The van der Waals surface area contributed by atoms with Crippen molar-refractivity contribution in [3.05, 3.63) is 55.5 Å². The number of carboxylic acids is 1. The molecule has 0 spiro atoms. The number of benzene rings is 2. The van der Waals surface area contributed by atoms with Crippen LogP contribution in [0.3, 0.4) is 0 Å². The van der Waals surface area contributed by atoms with Gasteiger partial charge >= 0.3 is 178 Å². The molecule has 8 heteroatoms. The van der Waals surface area contributed by atoms with Gasteiger partial charge in [0.25, 0.3) is 0 Å². The molecule has 0 aliphatic heterocycles. The molecule has 0 atom stereocenters. The van der Waals surface area contributed by atoms with E-state index in [1.165, 1.54) is 6.21 Å². The van der Waals surface area contributed by atoms with Gasteiger partial charge in [0, 0.05) is 0 Å². The molecule has 3 aromatic rings. The molecule has 3 rings (SSSR count). The molecule has 2 N–H and O–H groups in total. The van der Waals surface area contributed by atoms with E-state index < -0.39 is 28.9 Å². The van der Waals surface area contributed by atoms with Crippen LogP contribution >= 0.6 is 11.6 Å². The van der Waals surface area contributed by atoms with Crippen LogP contribution < -0.4 is 13.6 Å². The number of halogens is 1. The third-order valence-corrected chi connectivity index (χ3v) is 8.02. The molecule has 141 valence electrons. The van der Waals surface area contributed by atoms with Crippen LogP contribution in [-0.4, -0.2) is 58.9 Å². The second-order valence-electron chi connectivity index (χ2n) is 6.49. The number of nitrogens with one attached hydrogen (secondary N) is 1. The molecule has 6 nitrogen and oxygen atoms in total. The molecule has 0 aliphatic rings. The summed E-state index contributed by atoms with van der Waals surface area (Å²) in [5.41, 5.74) is 1.60. The number of carbonyl (C=O) groups is 1. The Morgan fingerprint density at radius 1 is 1.29 bits per heavy atom. The summed E-state index contributed by atoms with van der Waals surface area (Å²) in [6.45, 7) is -0.276. The predicted octanol–water partition coefficient (Wildman–Crippen LogP) is 2.45. The summed E-state index contributed by atoms with van der Waals surface area (Å²) in [6, 6.07) is 8.94. The van der Waals surface area contributed by atoms with E-state index in [1.54, 1.807) is 33.7 Å². The normalized spacial score (nSPS) is 11.2. The third-order valence-electron chi connectivity index (χ3n) is 4.41. The fourth-order valence-corrected chi connectivity index (χ4v) is 6.20. The first-order valence-electron chi connectivity index (χ1n) is 8.53. The molecule has 1 radical (unpaired) electrons. The van der Waals surface area contributed by atoms with Crippen LogP contribution in [0.1, 0.15) is 0 Å². The Hall–Kier alpha value is -2.25. The first-order valence-corrected chi connectivity index (χ1v) is 12.5. The number of nitrogens with zero attached hydrogens (tertiary/aromatic N) is 2. The molecule has 0 amide bonds. The van der Waals surface area contributed by atoms with Crippen molar-refractivity contribution in [1.29, 1.82) is 5.41 Å². The van der Waals surface area contributed by atoms with E-state index in [0.29, 0.717) is 32.5 Å². The van der Waals surface area contributed by atoms with E-state index in [9.17, 15) is 14.7 Å². The minimum atomic E-state index is -1.28. The quantitative estimate of drug-likeness (QED) is 0.404. The fourth-order valence-electron chi connectivity index (χ4n) is 3.29. The molecule has 0 saturated carbocycles. The van der Waals surface area contributed by atoms with Crippen molar-refractivity contribution in [2.75, 3.05) is 19.0 Å². The van der Waals surface area contributed by atoms with Crippen LogP contribution in [0.5, 0.6) is 0 Å². The Balaban J connectivity index is 2.47. The van der Waals surface area contributed by atoms with E-state index in [4.69, 9.17) is 17.0 Å². The first-order chi connectivity index (χ1) is 13.3. The van der Waals surface area contributed by atoms with Crippen LogP contribution in [-0.2, 0) is 11.3 Å². The van der Waals surface area contributed by atoms with Crippen molar-refractivity contribution in [2.24, 2.45) is 0 Å². The van der Waals surface area contributed by atoms with E-state index in [2.05, 4.69) is 0 Å². The van der Waals surface area contributed by atoms with Gasteiger partial charge in [-0.25, -0.2) is 0 Å². The Morgan fingerprint density at radius 3 is 2.64 bits per heavy atom. The van der Waals surface area contributed by atoms with Gasteiger partial charge in [0.15, 0.2) is 0 Å². The summed E-state index contributed by atoms with van der Waals surface area (Å²) in [4.78, 5) is 26.6.